The fourth-order valence-electron chi connectivity index (χ4n) is 2.78. The molecule has 3 heterocycles. The van der Waals surface area contributed by atoms with E-state index in [0.717, 1.165) is 12.8 Å². The molecule has 4 rings (SSSR count). The van der Waals surface area contributed by atoms with Gasteiger partial charge in [-0.1, -0.05) is 0 Å². The summed E-state index contributed by atoms with van der Waals surface area (Å²) in [6.07, 6.45) is 3.37. The van der Waals surface area contributed by atoms with Crippen molar-refractivity contribution in [2.24, 2.45) is 0 Å². The summed E-state index contributed by atoms with van der Waals surface area (Å²) in [5.74, 6) is -0.351. The zero-order chi connectivity index (χ0) is 13.1. The molecule has 0 aromatic carbocycles. The predicted octanol–water partition coefficient (Wildman–Crippen LogP) is 2.56. The number of rotatable bonds is 1. The molecule has 19 heavy (non-hydrogen) atoms. The van der Waals surface area contributed by atoms with E-state index in [1.54, 1.807) is 0 Å². The van der Waals surface area contributed by atoms with Crippen molar-refractivity contribution in [2.45, 2.75) is 25.4 Å². The molecule has 0 unspecified atom stereocenters. The fraction of sp³-hybridized carbons (Fsp3) is 0.385. The van der Waals surface area contributed by atoms with Gasteiger partial charge >= 0.3 is 0 Å². The molecular weight excluding hydrogens is 313 g/mol. The van der Waals surface area contributed by atoms with E-state index >= 15 is 0 Å². The second kappa shape index (κ2) is 3.79. The van der Waals surface area contributed by atoms with Crippen LogP contribution >= 0.6 is 15.9 Å². The summed E-state index contributed by atoms with van der Waals surface area (Å²) >= 11 is 3.45. The van der Waals surface area contributed by atoms with E-state index in [-0.39, 0.29) is 11.7 Å². The summed E-state index contributed by atoms with van der Waals surface area (Å²) in [6, 6.07) is 1.84. The summed E-state index contributed by atoms with van der Waals surface area (Å²) in [5.41, 5.74) is 1.94. The van der Waals surface area contributed by atoms with Gasteiger partial charge in [-0.15, -0.1) is 0 Å². The number of carbonyl (C=O) groups is 1. The minimum Gasteiger partial charge on any atom is -0.333 e. The molecule has 0 atom stereocenters. The Morgan fingerprint density at radius 3 is 2.89 bits per heavy atom. The van der Waals surface area contributed by atoms with E-state index in [1.807, 2.05) is 9.47 Å². The third-order valence-electron chi connectivity index (χ3n) is 3.83. The van der Waals surface area contributed by atoms with Crippen molar-refractivity contribution in [2.75, 3.05) is 6.54 Å². The van der Waals surface area contributed by atoms with Crippen LogP contribution in [-0.4, -0.2) is 32.9 Å². The molecule has 0 radical (unpaired) electrons. The summed E-state index contributed by atoms with van der Waals surface area (Å²) in [5, 5.41) is 0. The Morgan fingerprint density at radius 1 is 1.37 bits per heavy atom. The molecule has 0 saturated heterocycles. The van der Waals surface area contributed by atoms with Gasteiger partial charge in [-0.2, -0.15) is 0 Å². The predicted molar refractivity (Wildman–Crippen MR) is 71.4 cm³/mol. The van der Waals surface area contributed by atoms with Gasteiger partial charge in [0.05, 0.1) is 16.2 Å². The molecule has 6 heteroatoms. The van der Waals surface area contributed by atoms with Crippen LogP contribution in [-0.2, 0) is 6.54 Å². The largest absolute Gasteiger partial charge is 0.333 e. The zero-order valence-electron chi connectivity index (χ0n) is 10.1. The molecule has 0 bridgehead atoms. The van der Waals surface area contributed by atoms with Crippen LogP contribution in [0, 0.1) is 5.82 Å². The topological polar surface area (TPSA) is 38.1 Å². The Kier molecular flexibility index (Phi) is 2.27. The van der Waals surface area contributed by atoms with Crippen LogP contribution in [0.1, 0.15) is 23.3 Å². The summed E-state index contributed by atoms with van der Waals surface area (Å²) < 4.78 is 15.9. The second-order valence-corrected chi connectivity index (χ2v) is 5.86. The van der Waals surface area contributed by atoms with Crippen molar-refractivity contribution in [3.63, 3.8) is 0 Å². The third kappa shape index (κ3) is 1.55. The van der Waals surface area contributed by atoms with Gasteiger partial charge in [0.25, 0.3) is 5.91 Å². The lowest BCUT2D eigenvalue weighted by molar-refractivity contribution is 0.0691. The highest BCUT2D eigenvalue weighted by atomic mass is 79.9. The lowest BCUT2D eigenvalue weighted by Gasteiger charge is -2.28. The first-order valence-electron chi connectivity index (χ1n) is 6.31. The van der Waals surface area contributed by atoms with Gasteiger partial charge in [0, 0.05) is 25.2 Å². The molecule has 1 saturated carbocycles. The number of halogens is 2. The fourth-order valence-corrected chi connectivity index (χ4v) is 3.47. The van der Waals surface area contributed by atoms with E-state index in [1.165, 1.54) is 12.3 Å². The van der Waals surface area contributed by atoms with Crippen LogP contribution in [0.4, 0.5) is 4.39 Å². The quantitative estimate of drug-likeness (QED) is 0.809. The van der Waals surface area contributed by atoms with Crippen LogP contribution in [0.3, 0.4) is 0 Å². The molecule has 1 fully saturated rings. The highest BCUT2D eigenvalue weighted by Crippen LogP contribution is 2.36. The molecule has 0 N–H and O–H groups in total. The summed E-state index contributed by atoms with van der Waals surface area (Å²) in [7, 11) is 0. The van der Waals surface area contributed by atoms with Crippen molar-refractivity contribution in [3.05, 3.63) is 28.2 Å². The Morgan fingerprint density at radius 2 is 2.16 bits per heavy atom. The average molecular weight is 324 g/mol. The number of aromatic nitrogens is 2. The smallest absolute Gasteiger partial charge is 0.272 e. The number of hydrogen-bond donors (Lipinski definition) is 0. The number of amides is 1. The Labute approximate surface area is 117 Å². The van der Waals surface area contributed by atoms with Gasteiger partial charge in [-0.05, 0) is 28.8 Å². The number of carbonyl (C=O) groups excluding carboxylic acids is 1. The Balaban J connectivity index is 1.94. The first kappa shape index (κ1) is 11.4. The van der Waals surface area contributed by atoms with E-state index in [9.17, 15) is 9.18 Å². The lowest BCUT2D eigenvalue weighted by atomic mass is 10.3. The Bertz CT molecular complexity index is 707. The van der Waals surface area contributed by atoms with Gasteiger partial charge in [-0.3, -0.25) is 9.78 Å². The SMILES string of the molecule is O=C1c2c(Br)c3ncc(F)cc3n2CCN1C1CC1. The van der Waals surface area contributed by atoms with E-state index in [4.69, 9.17) is 0 Å². The average Bonchev–Trinajstić information content (AvgIpc) is 3.18. The molecule has 4 nitrogen and oxygen atoms in total. The van der Waals surface area contributed by atoms with Crippen LogP contribution in [0.5, 0.6) is 0 Å². The molecule has 2 aromatic rings. The molecular formula is C13H11BrFN3O. The van der Waals surface area contributed by atoms with Gasteiger partial charge in [0.2, 0.25) is 0 Å². The van der Waals surface area contributed by atoms with Gasteiger partial charge in [-0.25, -0.2) is 4.39 Å². The minimum absolute atomic E-state index is 0.0269. The monoisotopic (exact) mass is 323 g/mol. The van der Waals surface area contributed by atoms with Crippen LogP contribution in [0.15, 0.2) is 16.7 Å². The van der Waals surface area contributed by atoms with Crippen molar-refractivity contribution < 1.29 is 9.18 Å². The summed E-state index contributed by atoms with van der Waals surface area (Å²) in [6.45, 7) is 1.40. The Hall–Kier alpha value is -1.43. The highest BCUT2D eigenvalue weighted by molar-refractivity contribution is 9.10. The number of fused-ring (bicyclic) bond motifs is 3. The number of pyridine rings is 1. The second-order valence-electron chi connectivity index (χ2n) is 5.07. The standard InChI is InChI=1S/C13H11BrFN3O/c14-10-11-9(5-7(15)6-16-11)18-4-3-17(8-1-2-8)13(19)12(10)18/h5-6,8H,1-4H2. The molecule has 0 spiro atoms. The summed E-state index contributed by atoms with van der Waals surface area (Å²) in [4.78, 5) is 18.5. The zero-order valence-corrected chi connectivity index (χ0v) is 11.7. The van der Waals surface area contributed by atoms with Crippen molar-refractivity contribution in [1.29, 1.82) is 0 Å². The first-order chi connectivity index (χ1) is 9.16. The third-order valence-corrected chi connectivity index (χ3v) is 4.58. The van der Waals surface area contributed by atoms with Crippen LogP contribution < -0.4 is 0 Å². The maximum absolute atomic E-state index is 13.3. The lowest BCUT2D eigenvalue weighted by Crippen LogP contribution is -2.41. The maximum atomic E-state index is 13.3. The first-order valence-corrected chi connectivity index (χ1v) is 7.10. The molecule has 1 aliphatic heterocycles. The minimum atomic E-state index is -0.377. The molecule has 2 aliphatic rings. The van der Waals surface area contributed by atoms with Gasteiger partial charge in [0.1, 0.15) is 17.0 Å². The van der Waals surface area contributed by atoms with Crippen molar-refractivity contribution in [3.8, 4) is 0 Å². The van der Waals surface area contributed by atoms with Crippen molar-refractivity contribution >= 4 is 32.9 Å². The number of hydrogen-bond acceptors (Lipinski definition) is 2. The van der Waals surface area contributed by atoms with E-state index in [0.29, 0.717) is 40.3 Å². The molecule has 1 aliphatic carbocycles. The van der Waals surface area contributed by atoms with E-state index < -0.39 is 0 Å². The van der Waals surface area contributed by atoms with Crippen LogP contribution in [0.2, 0.25) is 0 Å². The van der Waals surface area contributed by atoms with Gasteiger partial charge in [0.15, 0.2) is 0 Å². The van der Waals surface area contributed by atoms with Crippen LogP contribution in [0.25, 0.3) is 11.0 Å². The maximum Gasteiger partial charge on any atom is 0.272 e. The molecule has 2 aromatic heterocycles. The highest BCUT2D eigenvalue weighted by Gasteiger charge is 2.38. The number of nitrogens with zero attached hydrogens (tertiary/aromatic N) is 3. The van der Waals surface area contributed by atoms with E-state index in [2.05, 4.69) is 20.9 Å². The molecule has 98 valence electrons. The molecule has 1 amide bonds. The van der Waals surface area contributed by atoms with Gasteiger partial charge < -0.3 is 9.47 Å². The normalized spacial score (nSPS) is 19.1. The van der Waals surface area contributed by atoms with Crippen molar-refractivity contribution in [1.82, 2.24) is 14.5 Å².